The van der Waals surface area contributed by atoms with Gasteiger partial charge in [-0.25, -0.2) is 0 Å². The van der Waals surface area contributed by atoms with Gasteiger partial charge in [0, 0.05) is 37.0 Å². The predicted octanol–water partition coefficient (Wildman–Crippen LogP) is 2.59. The minimum atomic E-state index is 0.255. The van der Waals surface area contributed by atoms with Crippen molar-refractivity contribution < 1.29 is 9.47 Å². The number of methoxy groups -OCH3 is 2. The molecule has 1 aliphatic rings. The average molecular weight is 278 g/mol. The first-order valence-electron chi connectivity index (χ1n) is 7.32. The van der Waals surface area contributed by atoms with E-state index in [4.69, 9.17) is 9.47 Å². The van der Waals surface area contributed by atoms with Crippen molar-refractivity contribution in [1.82, 2.24) is 5.32 Å². The number of benzene rings is 1. The third-order valence-corrected chi connectivity index (χ3v) is 3.96. The lowest BCUT2D eigenvalue weighted by molar-refractivity contribution is 0.205. The maximum absolute atomic E-state index is 5.57. The number of nitrogens with one attached hydrogen (secondary N) is 1. The van der Waals surface area contributed by atoms with Gasteiger partial charge in [-0.1, -0.05) is 6.07 Å². The minimum Gasteiger partial charge on any atom is -0.496 e. The molecule has 0 amide bonds. The van der Waals surface area contributed by atoms with Crippen LogP contribution in [0.2, 0.25) is 0 Å². The van der Waals surface area contributed by atoms with Gasteiger partial charge in [-0.05, 0) is 38.9 Å². The highest BCUT2D eigenvalue weighted by Crippen LogP contribution is 2.39. The molecule has 0 aromatic heterocycles. The van der Waals surface area contributed by atoms with E-state index in [-0.39, 0.29) is 6.04 Å². The molecule has 1 fully saturated rings. The third-order valence-electron chi connectivity index (χ3n) is 3.96. The summed E-state index contributed by atoms with van der Waals surface area (Å²) < 4.78 is 10.8. The maximum atomic E-state index is 5.57. The third kappa shape index (κ3) is 3.25. The first-order chi connectivity index (χ1) is 9.72. The molecule has 112 valence electrons. The summed E-state index contributed by atoms with van der Waals surface area (Å²) in [6.07, 6.45) is 2.54. The first-order valence-corrected chi connectivity index (χ1v) is 7.32. The molecule has 2 rings (SSSR count). The molecule has 0 heterocycles. The van der Waals surface area contributed by atoms with Gasteiger partial charge in [0.25, 0.3) is 0 Å². The van der Waals surface area contributed by atoms with Crippen LogP contribution >= 0.6 is 0 Å². The molecule has 1 saturated carbocycles. The van der Waals surface area contributed by atoms with Gasteiger partial charge >= 0.3 is 0 Å². The van der Waals surface area contributed by atoms with E-state index in [0.29, 0.717) is 6.04 Å². The Bertz CT molecular complexity index is 432. The minimum absolute atomic E-state index is 0.255. The van der Waals surface area contributed by atoms with E-state index in [1.54, 1.807) is 14.2 Å². The van der Waals surface area contributed by atoms with Crippen molar-refractivity contribution >= 4 is 5.69 Å². The van der Waals surface area contributed by atoms with Crippen molar-refractivity contribution in [2.75, 3.05) is 39.3 Å². The van der Waals surface area contributed by atoms with Crippen molar-refractivity contribution in [3.05, 3.63) is 23.8 Å². The van der Waals surface area contributed by atoms with E-state index >= 15 is 0 Å². The largest absolute Gasteiger partial charge is 0.496 e. The van der Waals surface area contributed by atoms with Crippen LogP contribution in [-0.2, 0) is 4.74 Å². The second kappa shape index (κ2) is 6.95. The normalized spacial score (nSPS) is 16.0. The van der Waals surface area contributed by atoms with Crippen LogP contribution in [0.1, 0.15) is 31.4 Å². The molecule has 1 N–H and O–H groups in total. The van der Waals surface area contributed by atoms with Crippen LogP contribution in [-0.4, -0.2) is 40.5 Å². The molecular formula is C16H26N2O2. The molecular weight excluding hydrogens is 252 g/mol. The summed E-state index contributed by atoms with van der Waals surface area (Å²) in [6.45, 7) is 3.85. The van der Waals surface area contributed by atoms with Crippen molar-refractivity contribution in [3.63, 3.8) is 0 Å². The Kier molecular flexibility index (Phi) is 5.26. The summed E-state index contributed by atoms with van der Waals surface area (Å²) in [7, 11) is 5.48. The Morgan fingerprint density at radius 2 is 2.10 bits per heavy atom. The fraction of sp³-hybridized carbons (Fsp3) is 0.625. The highest BCUT2D eigenvalue weighted by Gasteiger charge is 2.31. The number of ether oxygens (including phenoxy) is 2. The summed E-state index contributed by atoms with van der Waals surface area (Å²) in [6, 6.07) is 7.21. The van der Waals surface area contributed by atoms with Crippen LogP contribution < -0.4 is 15.0 Å². The number of hydrogen-bond acceptors (Lipinski definition) is 4. The number of nitrogens with zero attached hydrogens (tertiary/aromatic N) is 1. The Morgan fingerprint density at radius 1 is 1.35 bits per heavy atom. The van der Waals surface area contributed by atoms with E-state index < -0.39 is 0 Å². The molecule has 4 nitrogen and oxygen atoms in total. The number of rotatable bonds is 8. The van der Waals surface area contributed by atoms with Gasteiger partial charge in [-0.2, -0.15) is 0 Å². The Balaban J connectivity index is 2.36. The second-order valence-corrected chi connectivity index (χ2v) is 5.32. The summed E-state index contributed by atoms with van der Waals surface area (Å²) in [4.78, 5) is 2.47. The van der Waals surface area contributed by atoms with Crippen LogP contribution in [0.25, 0.3) is 0 Å². The Morgan fingerprint density at radius 3 is 2.65 bits per heavy atom. The van der Waals surface area contributed by atoms with E-state index in [0.717, 1.165) is 18.9 Å². The van der Waals surface area contributed by atoms with Gasteiger partial charge in [0.2, 0.25) is 0 Å². The van der Waals surface area contributed by atoms with Gasteiger partial charge in [-0.3, -0.25) is 0 Å². The molecule has 0 aliphatic heterocycles. The maximum Gasteiger partial charge on any atom is 0.125 e. The fourth-order valence-electron chi connectivity index (χ4n) is 2.62. The molecule has 0 radical (unpaired) electrons. The molecule has 1 unspecified atom stereocenters. The highest BCUT2D eigenvalue weighted by molar-refractivity contribution is 5.62. The zero-order valence-electron chi connectivity index (χ0n) is 13.0. The zero-order chi connectivity index (χ0) is 14.5. The van der Waals surface area contributed by atoms with Crippen molar-refractivity contribution in [2.24, 2.45) is 0 Å². The molecule has 1 aromatic carbocycles. The van der Waals surface area contributed by atoms with E-state index in [9.17, 15) is 0 Å². The smallest absolute Gasteiger partial charge is 0.125 e. The van der Waals surface area contributed by atoms with Gasteiger partial charge in [0.1, 0.15) is 5.75 Å². The summed E-state index contributed by atoms with van der Waals surface area (Å²) in [5.74, 6) is 0.951. The van der Waals surface area contributed by atoms with Crippen LogP contribution in [0, 0.1) is 0 Å². The van der Waals surface area contributed by atoms with Gasteiger partial charge in [-0.15, -0.1) is 0 Å². The lowest BCUT2D eigenvalue weighted by Gasteiger charge is -2.29. The van der Waals surface area contributed by atoms with Crippen LogP contribution in [0.15, 0.2) is 18.2 Å². The highest BCUT2D eigenvalue weighted by atomic mass is 16.5. The number of hydrogen-bond donors (Lipinski definition) is 1. The Labute approximate surface area is 122 Å². The van der Waals surface area contributed by atoms with E-state index in [2.05, 4.69) is 29.3 Å². The summed E-state index contributed by atoms with van der Waals surface area (Å²) >= 11 is 0. The van der Waals surface area contributed by atoms with Gasteiger partial charge in [0.05, 0.1) is 13.7 Å². The lowest BCUT2D eigenvalue weighted by Crippen LogP contribution is -2.31. The predicted molar refractivity (Wildman–Crippen MR) is 82.7 cm³/mol. The molecule has 4 heteroatoms. The Hall–Kier alpha value is -1.26. The van der Waals surface area contributed by atoms with Crippen LogP contribution in [0.3, 0.4) is 0 Å². The topological polar surface area (TPSA) is 33.7 Å². The average Bonchev–Trinajstić information content (AvgIpc) is 3.31. The monoisotopic (exact) mass is 278 g/mol. The van der Waals surface area contributed by atoms with Gasteiger partial charge < -0.3 is 19.7 Å². The first kappa shape index (κ1) is 15.1. The standard InChI is InChI=1S/C16H26N2O2/c1-12(17-2)16-14(6-5-7-15(16)20-4)18(10-11-19-3)13-8-9-13/h5-7,12-13,17H,8-11H2,1-4H3. The molecule has 0 spiro atoms. The molecule has 0 saturated heterocycles. The molecule has 1 aliphatic carbocycles. The van der Waals surface area contributed by atoms with E-state index in [1.807, 2.05) is 13.1 Å². The zero-order valence-corrected chi connectivity index (χ0v) is 13.0. The van der Waals surface area contributed by atoms with Crippen LogP contribution in [0.4, 0.5) is 5.69 Å². The lowest BCUT2D eigenvalue weighted by atomic mass is 10.0. The second-order valence-electron chi connectivity index (χ2n) is 5.32. The van der Waals surface area contributed by atoms with E-state index in [1.165, 1.54) is 24.1 Å². The SMILES string of the molecule is CNC(C)c1c(OC)cccc1N(CCOC)C1CC1. The molecule has 0 bridgehead atoms. The van der Waals surface area contributed by atoms with Crippen molar-refractivity contribution in [2.45, 2.75) is 31.8 Å². The van der Waals surface area contributed by atoms with Crippen LogP contribution in [0.5, 0.6) is 5.75 Å². The molecule has 1 atom stereocenters. The molecule has 20 heavy (non-hydrogen) atoms. The molecule has 1 aromatic rings. The van der Waals surface area contributed by atoms with Crippen molar-refractivity contribution in [3.8, 4) is 5.75 Å². The van der Waals surface area contributed by atoms with Gasteiger partial charge in [0.15, 0.2) is 0 Å². The van der Waals surface area contributed by atoms with Crippen molar-refractivity contribution in [1.29, 1.82) is 0 Å². The summed E-state index contributed by atoms with van der Waals surface area (Å²) in [5, 5.41) is 3.33. The number of anilines is 1. The quantitative estimate of drug-likeness (QED) is 0.792. The fourth-order valence-corrected chi connectivity index (χ4v) is 2.62. The summed E-state index contributed by atoms with van der Waals surface area (Å²) in [5.41, 5.74) is 2.51.